The van der Waals surface area contributed by atoms with E-state index in [4.69, 9.17) is 4.74 Å². The van der Waals surface area contributed by atoms with Gasteiger partial charge < -0.3 is 35.8 Å². The number of nitrogens with one attached hydrogen (secondary N) is 4. The lowest BCUT2D eigenvalue weighted by molar-refractivity contribution is -0.144. The Balaban J connectivity index is 1.45. The summed E-state index contributed by atoms with van der Waals surface area (Å²) < 4.78 is 4.95. The maximum atomic E-state index is 14.3. The fourth-order valence-corrected chi connectivity index (χ4v) is 9.57. The molecule has 1 spiro atoms. The van der Waals surface area contributed by atoms with Crippen LogP contribution in [0.1, 0.15) is 77.8 Å². The van der Waals surface area contributed by atoms with Crippen molar-refractivity contribution in [3.05, 3.63) is 35.9 Å². The van der Waals surface area contributed by atoms with Gasteiger partial charge in [0.25, 0.3) is 5.91 Å². The first-order valence-corrected chi connectivity index (χ1v) is 20.2. The van der Waals surface area contributed by atoms with Crippen molar-refractivity contribution >= 4 is 64.9 Å². The number of ether oxygens (including phenoxy) is 1. The Hall–Kier alpha value is -3.79. The van der Waals surface area contributed by atoms with Crippen molar-refractivity contribution < 1.29 is 38.3 Å². The number of likely N-dealkylation sites (N-methyl/N-ethyl adjacent to an activating group) is 1. The Morgan fingerprint density at radius 1 is 0.981 bits per heavy atom. The van der Waals surface area contributed by atoms with Crippen LogP contribution in [0.5, 0.6) is 0 Å². The van der Waals surface area contributed by atoms with Crippen molar-refractivity contribution in [3.63, 3.8) is 0 Å². The lowest BCUT2D eigenvalue weighted by Gasteiger charge is -2.36. The molecule has 0 radical (unpaired) electrons. The minimum Gasteiger partial charge on any atom is -0.449 e. The van der Waals surface area contributed by atoms with Gasteiger partial charge in [0.05, 0.1) is 23.3 Å². The number of alkyl carbamates (subject to hydrolysis) is 1. The van der Waals surface area contributed by atoms with Crippen LogP contribution in [-0.4, -0.2) is 119 Å². The van der Waals surface area contributed by atoms with E-state index in [2.05, 4.69) is 21.3 Å². The van der Waals surface area contributed by atoms with Crippen LogP contribution in [0.4, 0.5) is 4.79 Å². The second kappa shape index (κ2) is 18.5. The van der Waals surface area contributed by atoms with E-state index in [-0.39, 0.29) is 25.5 Å². The highest BCUT2D eigenvalue weighted by Gasteiger charge is 2.53. The summed E-state index contributed by atoms with van der Waals surface area (Å²) in [5.41, 5.74) is -0.164. The van der Waals surface area contributed by atoms with E-state index in [1.165, 1.54) is 9.80 Å². The van der Waals surface area contributed by atoms with Crippen molar-refractivity contribution in [2.24, 2.45) is 11.3 Å². The fraction of sp³-hybridized carbons (Fsp3) is 0.649. The molecule has 6 amide bonds. The minimum atomic E-state index is -1.21. The normalized spacial score (nSPS) is 19.7. The Labute approximate surface area is 320 Å². The number of rotatable bonds is 15. The molecule has 0 bridgehead atoms. The van der Waals surface area contributed by atoms with Crippen molar-refractivity contribution in [3.8, 4) is 0 Å². The molecule has 4 rings (SSSR count). The molecule has 16 heteroatoms. The first kappa shape index (κ1) is 42.0. The zero-order chi connectivity index (χ0) is 38.9. The number of Topliss-reactive ketones (excluding diaryl/α,β-unsaturated/α-hetero) is 1. The average molecular weight is 775 g/mol. The largest absolute Gasteiger partial charge is 0.449 e. The predicted molar refractivity (Wildman–Crippen MR) is 204 cm³/mol. The van der Waals surface area contributed by atoms with E-state index in [1.807, 2.05) is 20.8 Å². The molecular weight excluding hydrogens is 721 g/mol. The molecule has 4 N–H and O–H groups in total. The van der Waals surface area contributed by atoms with Crippen LogP contribution in [0.3, 0.4) is 0 Å². The van der Waals surface area contributed by atoms with Gasteiger partial charge in [-0.05, 0) is 54.1 Å². The minimum absolute atomic E-state index is 0.145. The highest BCUT2D eigenvalue weighted by molar-refractivity contribution is 8.18. The molecular formula is C37H54N6O8S2. The van der Waals surface area contributed by atoms with Gasteiger partial charge in [-0.2, -0.15) is 0 Å². The van der Waals surface area contributed by atoms with Gasteiger partial charge in [-0.3, -0.25) is 28.8 Å². The summed E-state index contributed by atoms with van der Waals surface area (Å²) in [6.45, 7) is 7.29. The van der Waals surface area contributed by atoms with Crippen LogP contribution in [-0.2, 0) is 33.5 Å². The number of carbonyl (C=O) groups is 7. The number of thioether (sulfide) groups is 2. The van der Waals surface area contributed by atoms with Crippen LogP contribution in [0.15, 0.2) is 30.3 Å². The molecule has 3 unspecified atom stereocenters. The molecule has 0 aromatic heterocycles. The molecule has 53 heavy (non-hydrogen) atoms. The number of hydrogen-bond acceptors (Lipinski definition) is 10. The van der Waals surface area contributed by atoms with E-state index in [1.54, 1.807) is 74.9 Å². The molecule has 2 heterocycles. The van der Waals surface area contributed by atoms with Crippen LogP contribution in [0, 0.1) is 11.3 Å². The summed E-state index contributed by atoms with van der Waals surface area (Å²) in [6.07, 6.45) is 3.25. The highest BCUT2D eigenvalue weighted by Crippen LogP contribution is 2.50. The summed E-state index contributed by atoms with van der Waals surface area (Å²) in [5, 5.41) is 10.5. The molecule has 1 aromatic carbocycles. The molecule has 3 fully saturated rings. The highest BCUT2D eigenvalue weighted by atomic mass is 32.2. The quantitative estimate of drug-likeness (QED) is 0.193. The zero-order valence-corrected chi connectivity index (χ0v) is 33.2. The summed E-state index contributed by atoms with van der Waals surface area (Å²) >= 11 is 3.41. The summed E-state index contributed by atoms with van der Waals surface area (Å²) in [7, 11) is 3.12. The van der Waals surface area contributed by atoms with Gasteiger partial charge in [0.1, 0.15) is 18.1 Å². The van der Waals surface area contributed by atoms with Crippen molar-refractivity contribution in [2.75, 3.05) is 45.3 Å². The fourth-order valence-electron chi connectivity index (χ4n) is 6.22. The van der Waals surface area contributed by atoms with Crippen LogP contribution in [0.2, 0.25) is 0 Å². The van der Waals surface area contributed by atoms with Gasteiger partial charge in [-0.1, -0.05) is 64.4 Å². The molecule has 14 nitrogen and oxygen atoms in total. The van der Waals surface area contributed by atoms with Gasteiger partial charge in [0, 0.05) is 27.1 Å². The lowest BCUT2D eigenvalue weighted by atomic mass is 9.85. The number of ketones is 1. The second-order valence-electron chi connectivity index (χ2n) is 15.2. The standard InChI is InChI=1S/C37H54N6O8S2/c1-7-12-25(29(45)32(47)38-20-27(44)40-28(33(48)42(5)6)24-13-9-8-10-14-24)39-31(46)26-19-37(52-17-11-18-53-37)22-43(26)34(49)30(36(2,3)4)41-35(50)51-21-23-15-16-23/h8-10,13-14,23,25-26,28,30H,7,11-12,15-22H2,1-6H3,(H,38,47)(H,39,46)(H,40,44)(H,41,50)/t25?,26-,28?,30?/m0/s1. The first-order valence-electron chi connectivity index (χ1n) is 18.2. The van der Waals surface area contributed by atoms with Crippen LogP contribution < -0.4 is 21.3 Å². The monoisotopic (exact) mass is 774 g/mol. The van der Waals surface area contributed by atoms with E-state index in [9.17, 15) is 33.6 Å². The third kappa shape index (κ3) is 11.6. The van der Waals surface area contributed by atoms with Crippen molar-refractivity contribution in [1.29, 1.82) is 0 Å². The summed E-state index contributed by atoms with van der Waals surface area (Å²) in [6, 6.07) is 4.49. The Morgan fingerprint density at radius 3 is 2.23 bits per heavy atom. The molecule has 292 valence electrons. The third-order valence-electron chi connectivity index (χ3n) is 9.39. The number of likely N-dealkylation sites (tertiary alicyclic amines) is 1. The Morgan fingerprint density at radius 2 is 1.64 bits per heavy atom. The van der Waals surface area contributed by atoms with E-state index in [0.717, 1.165) is 30.8 Å². The van der Waals surface area contributed by atoms with Gasteiger partial charge >= 0.3 is 6.09 Å². The SMILES string of the molecule is CCCC(NC(=O)[C@@H]1CC2(CN1C(=O)C(NC(=O)OCC1CC1)C(C)(C)C)SCCCS2)C(=O)C(=O)NCC(=O)NC(C(=O)N(C)C)c1ccccc1. The van der Waals surface area contributed by atoms with Gasteiger partial charge in [-0.25, -0.2) is 4.79 Å². The van der Waals surface area contributed by atoms with Gasteiger partial charge in [0.2, 0.25) is 29.4 Å². The van der Waals surface area contributed by atoms with Crippen LogP contribution >= 0.6 is 23.5 Å². The van der Waals surface area contributed by atoms with E-state index < -0.39 is 75.7 Å². The number of carbonyl (C=O) groups excluding carboxylic acids is 7. The topological polar surface area (TPSA) is 183 Å². The predicted octanol–water partition coefficient (Wildman–Crippen LogP) is 2.62. The second-order valence-corrected chi connectivity index (χ2v) is 18.4. The molecule has 1 aromatic rings. The van der Waals surface area contributed by atoms with Crippen molar-refractivity contribution in [2.45, 2.75) is 94.5 Å². The lowest BCUT2D eigenvalue weighted by Crippen LogP contribution is -2.59. The van der Waals surface area contributed by atoms with E-state index >= 15 is 0 Å². The maximum absolute atomic E-state index is 14.3. The Kier molecular flexibility index (Phi) is 14.6. The van der Waals surface area contributed by atoms with Crippen LogP contribution in [0.25, 0.3) is 0 Å². The molecule has 1 saturated carbocycles. The van der Waals surface area contributed by atoms with E-state index in [0.29, 0.717) is 24.3 Å². The molecule has 3 aliphatic rings. The summed E-state index contributed by atoms with van der Waals surface area (Å²) in [5.74, 6) is -1.96. The maximum Gasteiger partial charge on any atom is 0.407 e. The molecule has 4 atom stereocenters. The molecule has 2 aliphatic heterocycles. The Bertz CT molecular complexity index is 1510. The van der Waals surface area contributed by atoms with Gasteiger partial charge in [-0.15, -0.1) is 23.5 Å². The number of benzene rings is 1. The zero-order valence-electron chi connectivity index (χ0n) is 31.5. The van der Waals surface area contributed by atoms with Crippen molar-refractivity contribution in [1.82, 2.24) is 31.1 Å². The van der Waals surface area contributed by atoms with Gasteiger partial charge in [0.15, 0.2) is 0 Å². The molecule has 2 saturated heterocycles. The molecule has 1 aliphatic carbocycles. The average Bonchev–Trinajstić information content (AvgIpc) is 3.89. The summed E-state index contributed by atoms with van der Waals surface area (Å²) in [4.78, 5) is 96.3. The smallest absolute Gasteiger partial charge is 0.407 e. The number of amides is 6. The third-order valence-corrected chi connectivity index (χ3v) is 12.7. The number of hydrogen-bond donors (Lipinski definition) is 4. The first-order chi connectivity index (χ1) is 25.0. The number of nitrogens with zero attached hydrogens (tertiary/aromatic N) is 2.